The normalized spacial score (nSPS) is 11.5. The molecule has 3 rings (SSSR count). The fourth-order valence-corrected chi connectivity index (χ4v) is 4.09. The van der Waals surface area contributed by atoms with E-state index in [0.29, 0.717) is 35.4 Å². The number of hydrogen-bond donors (Lipinski definition) is 1. The summed E-state index contributed by atoms with van der Waals surface area (Å²) in [6.45, 7) is 12.4. The molecule has 9 heteroatoms. The van der Waals surface area contributed by atoms with Crippen molar-refractivity contribution in [2.45, 2.75) is 45.5 Å². The highest BCUT2D eigenvalue weighted by Crippen LogP contribution is 2.28. The van der Waals surface area contributed by atoms with E-state index in [1.165, 1.54) is 11.8 Å². The highest BCUT2D eigenvalue weighted by Gasteiger charge is 2.20. The van der Waals surface area contributed by atoms with Gasteiger partial charge in [-0.2, -0.15) is 0 Å². The third-order valence-electron chi connectivity index (χ3n) is 5.29. The van der Waals surface area contributed by atoms with E-state index in [1.54, 1.807) is 37.3 Å². The second-order valence-corrected chi connectivity index (χ2v) is 8.78. The average Bonchev–Trinajstić information content (AvgIpc) is 3.24. The number of nitrogens with one attached hydrogen (secondary N) is 1. The standard InChI is InChI=1S/C26H30N4O4S/c1-6-15-30-24(19(5)34-22-10-8-9-17(3)18(22)4)28-29-26(30)35-16-23(31)27-21-13-11-20(12-14-21)25(32)33-7-2/h6,8-14,19H,1,7,15-16H2,2-5H3,(H,27,31). The van der Waals surface area contributed by atoms with Crippen LogP contribution in [0.4, 0.5) is 5.69 Å². The smallest absolute Gasteiger partial charge is 0.338 e. The first-order valence-corrected chi connectivity index (χ1v) is 12.3. The van der Waals surface area contributed by atoms with E-state index in [0.717, 1.165) is 16.9 Å². The summed E-state index contributed by atoms with van der Waals surface area (Å²) in [5.41, 5.74) is 3.25. The number of benzene rings is 2. The zero-order valence-electron chi connectivity index (χ0n) is 20.4. The van der Waals surface area contributed by atoms with Crippen molar-refractivity contribution in [1.82, 2.24) is 14.8 Å². The van der Waals surface area contributed by atoms with E-state index < -0.39 is 5.97 Å². The van der Waals surface area contributed by atoms with Gasteiger partial charge >= 0.3 is 5.97 Å². The van der Waals surface area contributed by atoms with Crippen LogP contribution in [0.3, 0.4) is 0 Å². The van der Waals surface area contributed by atoms with Crippen LogP contribution < -0.4 is 10.1 Å². The lowest BCUT2D eigenvalue weighted by atomic mass is 10.1. The van der Waals surface area contributed by atoms with Crippen LogP contribution in [0.1, 0.15) is 47.3 Å². The number of carbonyl (C=O) groups is 2. The van der Waals surface area contributed by atoms with E-state index in [-0.39, 0.29) is 17.8 Å². The molecule has 3 aromatic rings. The highest BCUT2D eigenvalue weighted by atomic mass is 32.2. The molecule has 0 aliphatic carbocycles. The maximum absolute atomic E-state index is 12.5. The van der Waals surface area contributed by atoms with Crippen LogP contribution in [-0.2, 0) is 16.1 Å². The van der Waals surface area contributed by atoms with Gasteiger partial charge in [0.2, 0.25) is 5.91 Å². The molecule has 1 atom stereocenters. The van der Waals surface area contributed by atoms with E-state index in [1.807, 2.05) is 43.5 Å². The van der Waals surface area contributed by atoms with Gasteiger partial charge in [0.1, 0.15) is 5.75 Å². The van der Waals surface area contributed by atoms with Crippen molar-refractivity contribution in [3.63, 3.8) is 0 Å². The van der Waals surface area contributed by atoms with Crippen LogP contribution in [0.15, 0.2) is 60.3 Å². The number of aryl methyl sites for hydroxylation is 1. The van der Waals surface area contributed by atoms with Gasteiger partial charge in [-0.05, 0) is 69.2 Å². The Morgan fingerprint density at radius 1 is 1.17 bits per heavy atom. The van der Waals surface area contributed by atoms with Gasteiger partial charge in [0.25, 0.3) is 0 Å². The lowest BCUT2D eigenvalue weighted by molar-refractivity contribution is -0.113. The van der Waals surface area contributed by atoms with E-state index in [4.69, 9.17) is 9.47 Å². The van der Waals surface area contributed by atoms with Crippen molar-refractivity contribution in [2.24, 2.45) is 0 Å². The zero-order valence-corrected chi connectivity index (χ0v) is 21.2. The Bertz CT molecular complexity index is 1190. The van der Waals surface area contributed by atoms with Gasteiger partial charge in [0.05, 0.1) is 17.9 Å². The monoisotopic (exact) mass is 494 g/mol. The molecule has 8 nitrogen and oxygen atoms in total. The van der Waals surface area contributed by atoms with Crippen molar-refractivity contribution in [2.75, 3.05) is 17.7 Å². The summed E-state index contributed by atoms with van der Waals surface area (Å²) < 4.78 is 13.0. The number of amides is 1. The fourth-order valence-electron chi connectivity index (χ4n) is 3.33. The fraction of sp³-hybridized carbons (Fsp3) is 0.308. The van der Waals surface area contributed by atoms with Gasteiger partial charge < -0.3 is 14.8 Å². The molecule has 1 heterocycles. The first kappa shape index (κ1) is 26.0. The first-order chi connectivity index (χ1) is 16.8. The molecule has 1 amide bonds. The van der Waals surface area contributed by atoms with E-state index in [2.05, 4.69) is 22.1 Å². The number of esters is 1. The number of nitrogens with zero attached hydrogens (tertiary/aromatic N) is 3. The summed E-state index contributed by atoms with van der Waals surface area (Å²) in [5.74, 6) is 1.00. The third-order valence-corrected chi connectivity index (χ3v) is 6.26. The van der Waals surface area contributed by atoms with E-state index in [9.17, 15) is 9.59 Å². The van der Waals surface area contributed by atoms with Crippen LogP contribution in [0, 0.1) is 13.8 Å². The van der Waals surface area contributed by atoms with Gasteiger partial charge in [0, 0.05) is 12.2 Å². The number of ether oxygens (including phenoxy) is 2. The molecule has 0 saturated carbocycles. The molecule has 0 fully saturated rings. The molecule has 0 radical (unpaired) electrons. The Morgan fingerprint density at radius 3 is 2.60 bits per heavy atom. The molecule has 0 bridgehead atoms. The molecule has 184 valence electrons. The van der Waals surface area contributed by atoms with Crippen LogP contribution in [0.2, 0.25) is 0 Å². The largest absolute Gasteiger partial charge is 0.482 e. The van der Waals surface area contributed by atoms with Crippen molar-refractivity contribution in [3.8, 4) is 5.75 Å². The topological polar surface area (TPSA) is 95.3 Å². The first-order valence-electron chi connectivity index (χ1n) is 11.3. The molecule has 35 heavy (non-hydrogen) atoms. The van der Waals surface area contributed by atoms with Crippen LogP contribution in [0.5, 0.6) is 5.75 Å². The molecule has 0 aliphatic heterocycles. The quantitative estimate of drug-likeness (QED) is 0.224. The molecule has 2 aromatic carbocycles. The van der Waals surface area contributed by atoms with Gasteiger partial charge in [-0.1, -0.05) is 30.0 Å². The molecule has 1 unspecified atom stereocenters. The van der Waals surface area contributed by atoms with Gasteiger partial charge in [-0.15, -0.1) is 16.8 Å². The molecule has 1 aromatic heterocycles. The number of allylic oxidation sites excluding steroid dienone is 1. The number of anilines is 1. The molecule has 0 saturated heterocycles. The lowest BCUT2D eigenvalue weighted by Gasteiger charge is -2.18. The number of hydrogen-bond acceptors (Lipinski definition) is 7. The van der Waals surface area contributed by atoms with Crippen LogP contribution in [-0.4, -0.2) is 39.0 Å². The Morgan fingerprint density at radius 2 is 1.91 bits per heavy atom. The van der Waals surface area contributed by atoms with Crippen molar-refractivity contribution >= 4 is 29.3 Å². The summed E-state index contributed by atoms with van der Waals surface area (Å²) >= 11 is 1.28. The Balaban J connectivity index is 1.64. The Labute approximate surface area is 209 Å². The molecule has 0 aliphatic rings. The van der Waals surface area contributed by atoms with E-state index >= 15 is 0 Å². The molecule has 0 spiro atoms. The predicted molar refractivity (Wildman–Crippen MR) is 137 cm³/mol. The van der Waals surface area contributed by atoms with Gasteiger partial charge in [-0.25, -0.2) is 4.79 Å². The third kappa shape index (κ3) is 6.73. The zero-order chi connectivity index (χ0) is 25.4. The summed E-state index contributed by atoms with van der Waals surface area (Å²) in [7, 11) is 0. The van der Waals surface area contributed by atoms with Crippen LogP contribution >= 0.6 is 11.8 Å². The summed E-state index contributed by atoms with van der Waals surface area (Å²) in [6, 6.07) is 12.5. The maximum Gasteiger partial charge on any atom is 0.338 e. The molecular weight excluding hydrogens is 464 g/mol. The van der Waals surface area contributed by atoms with Crippen molar-refractivity contribution in [3.05, 3.63) is 77.6 Å². The second kappa shape index (κ2) is 12.2. The highest BCUT2D eigenvalue weighted by molar-refractivity contribution is 7.99. The van der Waals surface area contributed by atoms with Crippen molar-refractivity contribution < 1.29 is 19.1 Å². The summed E-state index contributed by atoms with van der Waals surface area (Å²) in [5, 5.41) is 12.0. The van der Waals surface area contributed by atoms with Crippen molar-refractivity contribution in [1.29, 1.82) is 0 Å². The SMILES string of the molecule is C=CCn1c(SCC(=O)Nc2ccc(C(=O)OCC)cc2)nnc1C(C)Oc1cccc(C)c1C. The molecular formula is C26H30N4O4S. The number of rotatable bonds is 11. The Hall–Kier alpha value is -3.59. The Kier molecular flexibility index (Phi) is 9.08. The van der Waals surface area contributed by atoms with Gasteiger partial charge in [0.15, 0.2) is 17.1 Å². The van der Waals surface area contributed by atoms with Gasteiger partial charge in [-0.3, -0.25) is 9.36 Å². The summed E-state index contributed by atoms with van der Waals surface area (Å²) in [4.78, 5) is 24.3. The number of carbonyl (C=O) groups excluding carboxylic acids is 2. The lowest BCUT2D eigenvalue weighted by Crippen LogP contribution is -2.16. The minimum Gasteiger partial charge on any atom is -0.482 e. The number of thioether (sulfide) groups is 1. The summed E-state index contributed by atoms with van der Waals surface area (Å²) in [6.07, 6.45) is 1.41. The minimum absolute atomic E-state index is 0.140. The average molecular weight is 495 g/mol. The minimum atomic E-state index is -0.394. The number of aromatic nitrogens is 3. The maximum atomic E-state index is 12.5. The second-order valence-electron chi connectivity index (χ2n) is 7.83. The van der Waals surface area contributed by atoms with Crippen LogP contribution in [0.25, 0.3) is 0 Å². The predicted octanol–water partition coefficient (Wildman–Crippen LogP) is 5.13. The molecule has 1 N–H and O–H groups in total.